The van der Waals surface area contributed by atoms with Crippen molar-refractivity contribution in [1.29, 1.82) is 0 Å². The minimum absolute atomic E-state index is 0.0392. The summed E-state index contributed by atoms with van der Waals surface area (Å²) in [5.41, 5.74) is 0.126. The van der Waals surface area contributed by atoms with Gasteiger partial charge in [-0.25, -0.2) is 0 Å². The van der Waals surface area contributed by atoms with E-state index in [4.69, 9.17) is 0 Å². The van der Waals surface area contributed by atoms with Crippen molar-refractivity contribution in [2.75, 3.05) is 31.5 Å². The van der Waals surface area contributed by atoms with Gasteiger partial charge in [-0.05, 0) is 12.5 Å². The topological polar surface area (TPSA) is 61.4 Å². The van der Waals surface area contributed by atoms with Crippen molar-refractivity contribution in [3.05, 3.63) is 16.5 Å². The first-order valence-corrected chi connectivity index (χ1v) is 7.65. The fourth-order valence-corrected chi connectivity index (χ4v) is 3.06. The van der Waals surface area contributed by atoms with Gasteiger partial charge in [-0.2, -0.15) is 13.2 Å². The van der Waals surface area contributed by atoms with E-state index in [0.717, 1.165) is 16.2 Å². The number of nitrogens with zero attached hydrogens (tertiary/aromatic N) is 1. The summed E-state index contributed by atoms with van der Waals surface area (Å²) in [7, 11) is 0. The van der Waals surface area contributed by atoms with Gasteiger partial charge in [-0.1, -0.05) is 6.92 Å². The molecule has 1 aromatic rings. The van der Waals surface area contributed by atoms with E-state index in [1.807, 2.05) is 12.2 Å². The van der Waals surface area contributed by atoms with E-state index < -0.39 is 12.1 Å². The van der Waals surface area contributed by atoms with Crippen LogP contribution in [0.1, 0.15) is 22.2 Å². The quantitative estimate of drug-likeness (QED) is 0.886. The van der Waals surface area contributed by atoms with Crippen LogP contribution in [-0.2, 0) is 11.2 Å². The van der Waals surface area contributed by atoms with Crippen LogP contribution in [0.15, 0.2) is 6.07 Å². The van der Waals surface area contributed by atoms with Gasteiger partial charge in [-0.3, -0.25) is 9.59 Å². The predicted molar refractivity (Wildman–Crippen MR) is 77.2 cm³/mol. The van der Waals surface area contributed by atoms with Crippen molar-refractivity contribution < 1.29 is 22.8 Å². The smallest absolute Gasteiger partial charge is 0.336 e. The molecule has 0 atom stereocenters. The molecule has 5 nitrogen and oxygen atoms in total. The van der Waals surface area contributed by atoms with Gasteiger partial charge in [0.25, 0.3) is 5.91 Å². The first kappa shape index (κ1) is 16.8. The van der Waals surface area contributed by atoms with Crippen molar-refractivity contribution >= 4 is 28.2 Å². The third-order valence-electron chi connectivity index (χ3n) is 3.25. The highest BCUT2D eigenvalue weighted by molar-refractivity contribution is 7.16. The van der Waals surface area contributed by atoms with Crippen molar-refractivity contribution in [3.8, 4) is 0 Å². The van der Waals surface area contributed by atoms with Crippen LogP contribution in [-0.4, -0.2) is 49.1 Å². The lowest BCUT2D eigenvalue weighted by molar-refractivity contribution is -0.167. The molecule has 0 radical (unpaired) electrons. The van der Waals surface area contributed by atoms with Gasteiger partial charge in [0.05, 0.1) is 5.56 Å². The lowest BCUT2D eigenvalue weighted by atomic mass is 10.2. The van der Waals surface area contributed by atoms with Crippen LogP contribution in [0.2, 0.25) is 0 Å². The number of nitrogens with one attached hydrogen (secondary N) is 2. The Morgan fingerprint density at radius 2 is 2.00 bits per heavy atom. The molecule has 1 aliphatic heterocycles. The maximum atomic E-state index is 12.5. The zero-order chi connectivity index (χ0) is 16.3. The molecule has 2 N–H and O–H groups in total. The second kappa shape index (κ2) is 6.66. The molecule has 0 bridgehead atoms. The average molecular weight is 335 g/mol. The zero-order valence-corrected chi connectivity index (χ0v) is 12.7. The first-order chi connectivity index (χ1) is 10.3. The molecule has 1 aromatic heterocycles. The van der Waals surface area contributed by atoms with Crippen LogP contribution >= 0.6 is 11.3 Å². The molecule has 0 spiro atoms. The number of carbonyl (C=O) groups excluding carboxylic acids is 2. The molecule has 1 saturated heterocycles. The van der Waals surface area contributed by atoms with E-state index in [1.54, 1.807) is 11.0 Å². The summed E-state index contributed by atoms with van der Waals surface area (Å²) in [6, 6.07) is 1.56. The molecule has 2 rings (SSSR count). The summed E-state index contributed by atoms with van der Waals surface area (Å²) in [5.74, 6) is -2.42. The monoisotopic (exact) mass is 335 g/mol. The Kier molecular flexibility index (Phi) is 5.07. The molecule has 0 aromatic carbocycles. The standard InChI is InChI=1S/C13H16F3N3O2S/c1-2-8-7-9(11(20)19-5-3-17-4-6-19)10(22-8)18-12(21)13(14,15)16/h7,17H,2-6H2,1H3,(H,18,21). The fourth-order valence-electron chi connectivity index (χ4n) is 2.08. The summed E-state index contributed by atoms with van der Waals surface area (Å²) < 4.78 is 37.2. The van der Waals surface area contributed by atoms with Gasteiger partial charge >= 0.3 is 12.1 Å². The molecular weight excluding hydrogens is 319 g/mol. The summed E-state index contributed by atoms with van der Waals surface area (Å²) in [4.78, 5) is 25.9. The lowest BCUT2D eigenvalue weighted by Gasteiger charge is -2.27. The highest BCUT2D eigenvalue weighted by atomic mass is 32.1. The number of hydrogen-bond donors (Lipinski definition) is 2. The van der Waals surface area contributed by atoms with E-state index in [2.05, 4.69) is 5.32 Å². The average Bonchev–Trinajstić information content (AvgIpc) is 2.89. The third-order valence-corrected chi connectivity index (χ3v) is 4.45. The number of thiophene rings is 1. The Morgan fingerprint density at radius 3 is 2.55 bits per heavy atom. The summed E-state index contributed by atoms with van der Waals surface area (Å²) in [6.07, 6.45) is -4.40. The van der Waals surface area contributed by atoms with Crippen LogP contribution in [0.5, 0.6) is 0 Å². The van der Waals surface area contributed by atoms with Gasteiger partial charge in [0, 0.05) is 31.1 Å². The largest absolute Gasteiger partial charge is 0.471 e. The lowest BCUT2D eigenvalue weighted by Crippen LogP contribution is -2.46. The Labute approximate surface area is 129 Å². The fraction of sp³-hybridized carbons (Fsp3) is 0.538. The second-order valence-electron chi connectivity index (χ2n) is 4.80. The highest BCUT2D eigenvalue weighted by Crippen LogP contribution is 2.31. The maximum absolute atomic E-state index is 12.5. The number of amides is 2. The molecule has 22 heavy (non-hydrogen) atoms. The molecule has 122 valence electrons. The number of rotatable bonds is 3. The summed E-state index contributed by atoms with van der Waals surface area (Å²) in [5, 5.41) is 4.87. The Hall–Kier alpha value is -1.61. The molecule has 0 unspecified atom stereocenters. The predicted octanol–water partition coefficient (Wildman–Crippen LogP) is 1.86. The van der Waals surface area contributed by atoms with E-state index in [1.165, 1.54) is 0 Å². The molecule has 2 amide bonds. The normalized spacial score (nSPS) is 15.7. The van der Waals surface area contributed by atoms with Crippen molar-refractivity contribution in [2.24, 2.45) is 0 Å². The molecule has 2 heterocycles. The first-order valence-electron chi connectivity index (χ1n) is 6.83. The van der Waals surface area contributed by atoms with Crippen molar-refractivity contribution in [3.63, 3.8) is 0 Å². The number of carbonyl (C=O) groups is 2. The number of alkyl halides is 3. The van der Waals surface area contributed by atoms with Crippen LogP contribution in [0.25, 0.3) is 0 Å². The number of anilines is 1. The molecule has 0 saturated carbocycles. The maximum Gasteiger partial charge on any atom is 0.471 e. The number of aryl methyl sites for hydroxylation is 1. The van der Waals surface area contributed by atoms with Crippen molar-refractivity contribution in [1.82, 2.24) is 10.2 Å². The number of piperazine rings is 1. The van der Waals surface area contributed by atoms with E-state index in [-0.39, 0.29) is 16.5 Å². The Morgan fingerprint density at radius 1 is 1.36 bits per heavy atom. The Balaban J connectivity index is 2.24. The number of halogens is 3. The van der Waals surface area contributed by atoms with E-state index in [0.29, 0.717) is 32.6 Å². The van der Waals surface area contributed by atoms with Gasteiger partial charge in [0.2, 0.25) is 0 Å². The molecule has 0 aliphatic carbocycles. The van der Waals surface area contributed by atoms with Crippen LogP contribution in [0.4, 0.5) is 18.2 Å². The summed E-state index contributed by atoms with van der Waals surface area (Å²) in [6.45, 7) is 4.09. The van der Waals surface area contributed by atoms with Gasteiger partial charge in [0.15, 0.2) is 0 Å². The minimum atomic E-state index is -4.98. The molecule has 1 fully saturated rings. The third kappa shape index (κ3) is 3.77. The molecule has 9 heteroatoms. The molecule has 1 aliphatic rings. The van der Waals surface area contributed by atoms with Gasteiger partial charge in [0.1, 0.15) is 5.00 Å². The number of hydrogen-bond acceptors (Lipinski definition) is 4. The van der Waals surface area contributed by atoms with E-state index in [9.17, 15) is 22.8 Å². The van der Waals surface area contributed by atoms with E-state index >= 15 is 0 Å². The zero-order valence-electron chi connectivity index (χ0n) is 11.9. The Bertz CT molecular complexity index is 565. The molecular formula is C13H16F3N3O2S. The van der Waals surface area contributed by atoms with Crippen LogP contribution in [0, 0.1) is 0 Å². The summed E-state index contributed by atoms with van der Waals surface area (Å²) >= 11 is 1.00. The van der Waals surface area contributed by atoms with Gasteiger partial charge in [-0.15, -0.1) is 11.3 Å². The SMILES string of the molecule is CCc1cc(C(=O)N2CCNCC2)c(NC(=O)C(F)(F)F)s1. The van der Waals surface area contributed by atoms with Crippen LogP contribution in [0.3, 0.4) is 0 Å². The minimum Gasteiger partial charge on any atom is -0.336 e. The van der Waals surface area contributed by atoms with Gasteiger partial charge < -0.3 is 15.5 Å². The van der Waals surface area contributed by atoms with Crippen molar-refractivity contribution in [2.45, 2.75) is 19.5 Å². The highest BCUT2D eigenvalue weighted by Gasteiger charge is 2.39. The second-order valence-corrected chi connectivity index (χ2v) is 5.94. The van der Waals surface area contributed by atoms with Crippen LogP contribution < -0.4 is 10.6 Å².